The number of rotatable bonds is 6. The van der Waals surface area contributed by atoms with Crippen LogP contribution in [0.5, 0.6) is 0 Å². The van der Waals surface area contributed by atoms with Gasteiger partial charge in [0, 0.05) is 35.8 Å². The third-order valence-electron chi connectivity index (χ3n) is 3.55. The number of hydrogen-bond donors (Lipinski definition) is 4. The van der Waals surface area contributed by atoms with Gasteiger partial charge < -0.3 is 22.1 Å². The van der Waals surface area contributed by atoms with E-state index in [1.54, 1.807) is 0 Å². The van der Waals surface area contributed by atoms with Gasteiger partial charge in [-0.15, -0.1) is 49.6 Å². The Balaban J connectivity index is -0.00000121. The monoisotopic (exact) mass is 428 g/mol. The minimum absolute atomic E-state index is 0. The van der Waals surface area contributed by atoms with Gasteiger partial charge in [-0.1, -0.05) is 0 Å². The van der Waals surface area contributed by atoms with E-state index in [9.17, 15) is 0 Å². The molecule has 8 heteroatoms. The number of halogens is 4. The smallest absolute Gasteiger partial charge is 0.0345 e. The summed E-state index contributed by atoms with van der Waals surface area (Å²) >= 11 is 0. The number of nitrogen functional groups attached to an aromatic ring is 2. The fourth-order valence-electron chi connectivity index (χ4n) is 2.13. The van der Waals surface area contributed by atoms with Gasteiger partial charge in [0.2, 0.25) is 0 Å². The van der Waals surface area contributed by atoms with Gasteiger partial charge in [0.15, 0.2) is 0 Å². The highest BCUT2D eigenvalue weighted by Crippen LogP contribution is 2.17. The van der Waals surface area contributed by atoms with E-state index >= 15 is 0 Å². The van der Waals surface area contributed by atoms with E-state index in [0.717, 1.165) is 53.4 Å². The highest BCUT2D eigenvalue weighted by Gasteiger charge is 1.98. The molecule has 2 rings (SSSR count). The summed E-state index contributed by atoms with van der Waals surface area (Å²) in [6.45, 7) is 5.88. The van der Waals surface area contributed by atoms with Crippen LogP contribution < -0.4 is 22.1 Å². The molecule has 0 aliphatic carbocycles. The molecule has 0 spiro atoms. The van der Waals surface area contributed by atoms with Crippen LogP contribution in [0.1, 0.15) is 17.5 Å². The van der Waals surface area contributed by atoms with Crippen LogP contribution in [0.4, 0.5) is 22.7 Å². The molecule has 0 aromatic heterocycles. The zero-order chi connectivity index (χ0) is 15.2. The lowest BCUT2D eigenvalue weighted by molar-refractivity contribution is 0.909. The molecule has 4 nitrogen and oxygen atoms in total. The second-order valence-corrected chi connectivity index (χ2v) is 5.35. The Morgan fingerprint density at radius 2 is 1.04 bits per heavy atom. The minimum atomic E-state index is 0. The first-order chi connectivity index (χ1) is 10.1. The van der Waals surface area contributed by atoms with Gasteiger partial charge in [-0.25, -0.2) is 0 Å². The Morgan fingerprint density at radius 1 is 0.680 bits per heavy atom. The molecule has 0 saturated heterocycles. The summed E-state index contributed by atoms with van der Waals surface area (Å²) in [7, 11) is 0. The van der Waals surface area contributed by atoms with Gasteiger partial charge in [-0.2, -0.15) is 0 Å². The van der Waals surface area contributed by atoms with Crippen LogP contribution >= 0.6 is 49.6 Å². The van der Waals surface area contributed by atoms with Crippen LogP contribution in [0.2, 0.25) is 0 Å². The summed E-state index contributed by atoms with van der Waals surface area (Å²) in [5.74, 6) is 0. The van der Waals surface area contributed by atoms with Crippen molar-refractivity contribution < 1.29 is 0 Å². The summed E-state index contributed by atoms with van der Waals surface area (Å²) < 4.78 is 0. The molecule has 0 atom stereocenters. The SMILES string of the molecule is Cc1cc(NCCCNc2ccc(N)c(C)c2)ccc1N.Cl.Cl.Cl.Cl. The molecular formula is C17H28Cl4N4. The first kappa shape index (κ1) is 28.6. The van der Waals surface area contributed by atoms with Crippen LogP contribution in [0, 0.1) is 13.8 Å². The number of nitrogens with two attached hydrogens (primary N) is 2. The van der Waals surface area contributed by atoms with Crippen molar-refractivity contribution in [2.45, 2.75) is 20.3 Å². The van der Waals surface area contributed by atoms with Gasteiger partial charge in [-0.05, 0) is 67.8 Å². The molecule has 2 aromatic carbocycles. The molecule has 2 aromatic rings. The standard InChI is InChI=1S/C17H24N4.4ClH/c1-12-10-14(4-6-16(12)18)20-8-3-9-21-15-5-7-17(19)13(2)11-15;;;;/h4-7,10-11,20-21H,3,8-9,18-19H2,1-2H3;4*1H. The Hall–Kier alpha value is -1.20. The molecule has 0 aliphatic heterocycles. The fourth-order valence-corrected chi connectivity index (χ4v) is 2.13. The number of hydrogen-bond acceptors (Lipinski definition) is 4. The Morgan fingerprint density at radius 3 is 1.36 bits per heavy atom. The lowest BCUT2D eigenvalue weighted by atomic mass is 10.2. The highest BCUT2D eigenvalue weighted by molar-refractivity contribution is 5.86. The topological polar surface area (TPSA) is 76.1 Å². The summed E-state index contributed by atoms with van der Waals surface area (Å²) in [6.07, 6.45) is 1.03. The highest BCUT2D eigenvalue weighted by atomic mass is 35.5. The average Bonchev–Trinajstić information content (AvgIpc) is 2.46. The van der Waals surface area contributed by atoms with Crippen LogP contribution in [-0.4, -0.2) is 13.1 Å². The summed E-state index contributed by atoms with van der Waals surface area (Å²) in [5, 5.41) is 6.81. The number of anilines is 4. The fraction of sp³-hybridized carbons (Fsp3) is 0.294. The van der Waals surface area contributed by atoms with Gasteiger partial charge in [0.25, 0.3) is 0 Å². The average molecular weight is 430 g/mol. The quantitative estimate of drug-likeness (QED) is 0.382. The molecule has 0 amide bonds. The second kappa shape index (κ2) is 14.0. The number of nitrogens with one attached hydrogen (secondary N) is 2. The Kier molecular flexibility index (Phi) is 16.0. The maximum Gasteiger partial charge on any atom is 0.0345 e. The van der Waals surface area contributed by atoms with E-state index in [1.165, 1.54) is 0 Å². The van der Waals surface area contributed by atoms with Crippen LogP contribution in [0.3, 0.4) is 0 Å². The Labute approximate surface area is 175 Å². The molecule has 0 bridgehead atoms. The van der Waals surface area contributed by atoms with Gasteiger partial charge in [0.05, 0.1) is 0 Å². The molecule has 144 valence electrons. The lowest BCUT2D eigenvalue weighted by Crippen LogP contribution is -2.09. The van der Waals surface area contributed by atoms with Crippen molar-refractivity contribution in [3.05, 3.63) is 47.5 Å². The molecule has 0 aliphatic rings. The number of aryl methyl sites for hydroxylation is 2. The molecule has 25 heavy (non-hydrogen) atoms. The maximum absolute atomic E-state index is 5.81. The van der Waals surface area contributed by atoms with Crippen molar-refractivity contribution in [1.82, 2.24) is 0 Å². The van der Waals surface area contributed by atoms with Crippen molar-refractivity contribution in [2.24, 2.45) is 0 Å². The maximum atomic E-state index is 5.81. The summed E-state index contributed by atoms with van der Waals surface area (Å²) in [4.78, 5) is 0. The zero-order valence-corrected chi connectivity index (χ0v) is 17.6. The van der Waals surface area contributed by atoms with E-state index in [-0.39, 0.29) is 49.6 Å². The third kappa shape index (κ3) is 9.17. The molecular weight excluding hydrogens is 402 g/mol. The van der Waals surface area contributed by atoms with Crippen LogP contribution in [0.25, 0.3) is 0 Å². The zero-order valence-electron chi connectivity index (χ0n) is 14.4. The van der Waals surface area contributed by atoms with Crippen LogP contribution in [-0.2, 0) is 0 Å². The third-order valence-corrected chi connectivity index (χ3v) is 3.55. The Bertz CT molecular complexity index is 570. The van der Waals surface area contributed by atoms with E-state index in [2.05, 4.69) is 22.8 Å². The van der Waals surface area contributed by atoms with Crippen molar-refractivity contribution in [2.75, 3.05) is 35.2 Å². The van der Waals surface area contributed by atoms with Gasteiger partial charge >= 0.3 is 0 Å². The summed E-state index contributed by atoms with van der Waals surface area (Å²) in [6, 6.07) is 12.1. The molecule has 6 N–H and O–H groups in total. The lowest BCUT2D eigenvalue weighted by Gasteiger charge is -2.10. The first-order valence-electron chi connectivity index (χ1n) is 7.26. The van der Waals surface area contributed by atoms with Crippen molar-refractivity contribution in [3.63, 3.8) is 0 Å². The second-order valence-electron chi connectivity index (χ2n) is 5.35. The number of benzene rings is 2. The molecule has 0 heterocycles. The molecule has 0 saturated carbocycles. The first-order valence-corrected chi connectivity index (χ1v) is 7.26. The van der Waals surface area contributed by atoms with E-state index in [0.29, 0.717) is 0 Å². The normalized spacial score (nSPS) is 8.72. The van der Waals surface area contributed by atoms with Gasteiger partial charge in [-0.3, -0.25) is 0 Å². The largest absolute Gasteiger partial charge is 0.399 e. The van der Waals surface area contributed by atoms with E-state index < -0.39 is 0 Å². The van der Waals surface area contributed by atoms with Crippen molar-refractivity contribution in [3.8, 4) is 0 Å². The predicted molar refractivity (Wildman–Crippen MR) is 122 cm³/mol. The van der Waals surface area contributed by atoms with Gasteiger partial charge in [0.1, 0.15) is 0 Å². The molecule has 0 unspecified atom stereocenters. The summed E-state index contributed by atoms with van der Waals surface area (Å²) in [5.41, 5.74) is 17.7. The minimum Gasteiger partial charge on any atom is -0.399 e. The van der Waals surface area contributed by atoms with Crippen LogP contribution in [0.15, 0.2) is 36.4 Å². The van der Waals surface area contributed by atoms with E-state index in [4.69, 9.17) is 11.5 Å². The van der Waals surface area contributed by atoms with E-state index in [1.807, 2.05) is 38.1 Å². The van der Waals surface area contributed by atoms with Crippen molar-refractivity contribution >= 4 is 72.4 Å². The molecule has 0 fully saturated rings. The predicted octanol–water partition coefficient (Wildman–Crippen LogP) is 5.07. The van der Waals surface area contributed by atoms with Crippen molar-refractivity contribution in [1.29, 1.82) is 0 Å². The molecule has 0 radical (unpaired) electrons.